The van der Waals surface area contributed by atoms with Crippen LogP contribution in [0.1, 0.15) is 52.4 Å². The standard InChI is InChI=1S/C14H27NO2/c1-11(16)13(2,10-15)12-5-8-17-14(9-12)6-3-4-7-14/h11-12,16H,3-10,15H2,1-2H3. The molecule has 0 aromatic heterocycles. The van der Waals surface area contributed by atoms with Crippen molar-refractivity contribution in [2.45, 2.75) is 64.1 Å². The third kappa shape index (κ3) is 2.38. The summed E-state index contributed by atoms with van der Waals surface area (Å²) in [6, 6.07) is 0. The molecule has 1 saturated carbocycles. The second-order valence-electron chi connectivity index (χ2n) is 6.31. The molecule has 1 saturated heterocycles. The number of aliphatic hydroxyl groups is 1. The van der Waals surface area contributed by atoms with E-state index < -0.39 is 0 Å². The summed E-state index contributed by atoms with van der Waals surface area (Å²) in [6.07, 6.45) is 6.77. The zero-order valence-electron chi connectivity index (χ0n) is 11.2. The summed E-state index contributed by atoms with van der Waals surface area (Å²) in [5, 5.41) is 10.0. The van der Waals surface area contributed by atoms with E-state index in [1.165, 1.54) is 25.7 Å². The minimum atomic E-state index is -0.339. The number of nitrogens with two attached hydrogens (primary N) is 1. The van der Waals surface area contributed by atoms with Gasteiger partial charge in [0.15, 0.2) is 0 Å². The summed E-state index contributed by atoms with van der Waals surface area (Å²) >= 11 is 0. The lowest BCUT2D eigenvalue weighted by molar-refractivity contribution is -0.128. The van der Waals surface area contributed by atoms with Crippen molar-refractivity contribution in [1.82, 2.24) is 0 Å². The molecule has 1 aliphatic carbocycles. The SMILES string of the molecule is CC(O)C(C)(CN)C1CCOC2(CCCC2)C1. The molecule has 1 aliphatic heterocycles. The van der Waals surface area contributed by atoms with Gasteiger partial charge in [0.25, 0.3) is 0 Å². The van der Waals surface area contributed by atoms with E-state index in [2.05, 4.69) is 6.92 Å². The van der Waals surface area contributed by atoms with Crippen LogP contribution in [0.2, 0.25) is 0 Å². The van der Waals surface area contributed by atoms with Crippen molar-refractivity contribution in [2.75, 3.05) is 13.2 Å². The Bertz CT molecular complexity index is 261. The monoisotopic (exact) mass is 241 g/mol. The molecular formula is C14H27NO2. The zero-order chi connectivity index (χ0) is 12.5. The number of hydrogen-bond acceptors (Lipinski definition) is 3. The summed E-state index contributed by atoms with van der Waals surface area (Å²) in [6.45, 7) is 5.42. The highest BCUT2D eigenvalue weighted by molar-refractivity contribution is 4.97. The van der Waals surface area contributed by atoms with E-state index in [4.69, 9.17) is 10.5 Å². The first-order valence-electron chi connectivity index (χ1n) is 7.04. The number of hydrogen-bond donors (Lipinski definition) is 2. The van der Waals surface area contributed by atoms with E-state index in [1.54, 1.807) is 0 Å². The summed E-state index contributed by atoms with van der Waals surface area (Å²) < 4.78 is 6.05. The quantitative estimate of drug-likeness (QED) is 0.795. The lowest BCUT2D eigenvalue weighted by atomic mass is 9.66. The molecule has 1 spiro atoms. The van der Waals surface area contributed by atoms with E-state index in [1.807, 2.05) is 6.92 Å². The van der Waals surface area contributed by atoms with Gasteiger partial charge in [0.2, 0.25) is 0 Å². The molecule has 3 unspecified atom stereocenters. The highest BCUT2D eigenvalue weighted by Gasteiger charge is 2.46. The third-order valence-corrected chi connectivity index (χ3v) is 5.33. The molecule has 0 amide bonds. The van der Waals surface area contributed by atoms with Crippen LogP contribution in [0.4, 0.5) is 0 Å². The lowest BCUT2D eigenvalue weighted by Gasteiger charge is -2.47. The molecule has 0 bridgehead atoms. The van der Waals surface area contributed by atoms with Crippen LogP contribution < -0.4 is 5.73 Å². The molecule has 2 aliphatic rings. The van der Waals surface area contributed by atoms with Crippen LogP contribution in [0.5, 0.6) is 0 Å². The predicted molar refractivity (Wildman–Crippen MR) is 68.7 cm³/mol. The fourth-order valence-electron chi connectivity index (χ4n) is 3.64. The number of aliphatic hydroxyl groups excluding tert-OH is 1. The Hall–Kier alpha value is -0.120. The van der Waals surface area contributed by atoms with Crippen molar-refractivity contribution in [1.29, 1.82) is 0 Å². The van der Waals surface area contributed by atoms with Gasteiger partial charge in [-0.05, 0) is 38.5 Å². The van der Waals surface area contributed by atoms with Gasteiger partial charge in [-0.15, -0.1) is 0 Å². The Kier molecular flexibility index (Phi) is 3.81. The Morgan fingerprint density at radius 3 is 2.65 bits per heavy atom. The van der Waals surface area contributed by atoms with Crippen molar-refractivity contribution in [3.05, 3.63) is 0 Å². The molecule has 100 valence electrons. The maximum atomic E-state index is 10.0. The van der Waals surface area contributed by atoms with E-state index in [-0.39, 0.29) is 17.1 Å². The van der Waals surface area contributed by atoms with Gasteiger partial charge in [0.1, 0.15) is 0 Å². The minimum absolute atomic E-state index is 0.119. The first-order chi connectivity index (χ1) is 8.02. The Morgan fingerprint density at radius 1 is 1.47 bits per heavy atom. The second-order valence-corrected chi connectivity index (χ2v) is 6.31. The Morgan fingerprint density at radius 2 is 2.12 bits per heavy atom. The van der Waals surface area contributed by atoms with Gasteiger partial charge in [-0.2, -0.15) is 0 Å². The summed E-state index contributed by atoms with van der Waals surface area (Å²) in [5.74, 6) is 0.499. The van der Waals surface area contributed by atoms with Crippen molar-refractivity contribution < 1.29 is 9.84 Å². The van der Waals surface area contributed by atoms with Crippen LogP contribution in [0.15, 0.2) is 0 Å². The Balaban J connectivity index is 2.10. The molecule has 3 atom stereocenters. The molecule has 2 fully saturated rings. The molecule has 3 N–H and O–H groups in total. The van der Waals surface area contributed by atoms with Crippen LogP contribution in [-0.4, -0.2) is 30.0 Å². The van der Waals surface area contributed by atoms with E-state index in [9.17, 15) is 5.11 Å². The van der Waals surface area contributed by atoms with Crippen molar-refractivity contribution in [2.24, 2.45) is 17.1 Å². The minimum Gasteiger partial charge on any atom is -0.393 e. The van der Waals surface area contributed by atoms with Gasteiger partial charge >= 0.3 is 0 Å². The maximum Gasteiger partial charge on any atom is 0.0685 e. The molecular weight excluding hydrogens is 214 g/mol. The molecule has 3 heteroatoms. The van der Waals surface area contributed by atoms with Gasteiger partial charge < -0.3 is 15.6 Å². The molecule has 0 aromatic rings. The summed E-state index contributed by atoms with van der Waals surface area (Å²) in [7, 11) is 0. The van der Waals surface area contributed by atoms with Gasteiger partial charge in [0, 0.05) is 18.6 Å². The highest BCUT2D eigenvalue weighted by atomic mass is 16.5. The molecule has 0 aromatic carbocycles. The largest absolute Gasteiger partial charge is 0.393 e. The molecule has 17 heavy (non-hydrogen) atoms. The Labute approximate surface area is 105 Å². The summed E-state index contributed by atoms with van der Waals surface area (Å²) in [5.41, 5.74) is 5.89. The van der Waals surface area contributed by atoms with Gasteiger partial charge in [-0.25, -0.2) is 0 Å². The molecule has 0 radical (unpaired) electrons. The van der Waals surface area contributed by atoms with Gasteiger partial charge in [-0.1, -0.05) is 19.8 Å². The highest BCUT2D eigenvalue weighted by Crippen LogP contribution is 2.47. The van der Waals surface area contributed by atoms with Crippen LogP contribution in [-0.2, 0) is 4.74 Å². The van der Waals surface area contributed by atoms with E-state index in [0.29, 0.717) is 12.5 Å². The maximum absolute atomic E-state index is 10.0. The number of rotatable bonds is 3. The topological polar surface area (TPSA) is 55.5 Å². The van der Waals surface area contributed by atoms with Crippen molar-refractivity contribution in [3.63, 3.8) is 0 Å². The average Bonchev–Trinajstić information content (AvgIpc) is 2.76. The molecule has 3 nitrogen and oxygen atoms in total. The average molecular weight is 241 g/mol. The van der Waals surface area contributed by atoms with Crippen LogP contribution in [0.3, 0.4) is 0 Å². The fraction of sp³-hybridized carbons (Fsp3) is 1.00. The smallest absolute Gasteiger partial charge is 0.0685 e. The zero-order valence-corrected chi connectivity index (χ0v) is 11.2. The molecule has 2 rings (SSSR count). The molecule has 1 heterocycles. The van der Waals surface area contributed by atoms with Crippen LogP contribution in [0.25, 0.3) is 0 Å². The van der Waals surface area contributed by atoms with Gasteiger partial charge in [-0.3, -0.25) is 0 Å². The number of ether oxygens (including phenoxy) is 1. The van der Waals surface area contributed by atoms with E-state index in [0.717, 1.165) is 19.4 Å². The lowest BCUT2D eigenvalue weighted by Crippen LogP contribution is -2.50. The van der Waals surface area contributed by atoms with Crippen molar-refractivity contribution >= 4 is 0 Å². The second kappa shape index (κ2) is 4.87. The van der Waals surface area contributed by atoms with Crippen LogP contribution in [0, 0.1) is 11.3 Å². The normalized spacial score (nSPS) is 33.5. The van der Waals surface area contributed by atoms with Gasteiger partial charge in [0.05, 0.1) is 11.7 Å². The summed E-state index contributed by atoms with van der Waals surface area (Å²) in [4.78, 5) is 0. The van der Waals surface area contributed by atoms with E-state index >= 15 is 0 Å². The third-order valence-electron chi connectivity index (χ3n) is 5.33. The fourth-order valence-corrected chi connectivity index (χ4v) is 3.64. The predicted octanol–water partition coefficient (Wildman–Crippen LogP) is 2.07. The van der Waals surface area contributed by atoms with Crippen LogP contribution >= 0.6 is 0 Å². The first kappa shape index (κ1) is 13.3. The first-order valence-corrected chi connectivity index (χ1v) is 7.04. The van der Waals surface area contributed by atoms with Crippen molar-refractivity contribution in [3.8, 4) is 0 Å².